The normalized spacial score (nSPS) is 20.3. The van der Waals surface area contributed by atoms with Gasteiger partial charge in [-0.25, -0.2) is 4.79 Å². The summed E-state index contributed by atoms with van der Waals surface area (Å²) in [6.07, 6.45) is 8.96. The summed E-state index contributed by atoms with van der Waals surface area (Å²) in [7, 11) is 0. The van der Waals surface area contributed by atoms with E-state index in [4.69, 9.17) is 0 Å². The van der Waals surface area contributed by atoms with E-state index in [9.17, 15) is 4.79 Å². The SMILES string of the molecule is O=C(Nc1ccccc1)NC1CCN(CCNC2CCCCC2)CC1. The van der Waals surface area contributed by atoms with E-state index in [1.165, 1.54) is 32.1 Å². The van der Waals surface area contributed by atoms with Crippen LogP contribution in [-0.4, -0.2) is 49.2 Å². The lowest BCUT2D eigenvalue weighted by atomic mass is 9.95. The number of benzene rings is 1. The van der Waals surface area contributed by atoms with Crippen LogP contribution in [0, 0.1) is 0 Å². The summed E-state index contributed by atoms with van der Waals surface area (Å²) in [5.41, 5.74) is 0.839. The lowest BCUT2D eigenvalue weighted by molar-refractivity contribution is 0.193. The number of amides is 2. The molecule has 1 saturated heterocycles. The zero-order chi connectivity index (χ0) is 17.3. The topological polar surface area (TPSA) is 56.4 Å². The van der Waals surface area contributed by atoms with Crippen LogP contribution in [0.5, 0.6) is 0 Å². The number of rotatable bonds is 6. The molecule has 3 N–H and O–H groups in total. The quantitative estimate of drug-likeness (QED) is 0.743. The molecule has 2 aliphatic rings. The molecule has 1 aliphatic carbocycles. The molecule has 1 heterocycles. The molecular formula is C20H32N4O. The third-order valence-electron chi connectivity index (χ3n) is 5.42. The van der Waals surface area contributed by atoms with Crippen molar-refractivity contribution < 1.29 is 4.79 Å². The molecule has 0 bridgehead atoms. The number of nitrogens with zero attached hydrogens (tertiary/aromatic N) is 1. The van der Waals surface area contributed by atoms with Crippen molar-refractivity contribution >= 4 is 11.7 Å². The highest BCUT2D eigenvalue weighted by molar-refractivity contribution is 5.89. The number of piperidine rings is 1. The number of anilines is 1. The van der Waals surface area contributed by atoms with Crippen LogP contribution in [0.3, 0.4) is 0 Å². The van der Waals surface area contributed by atoms with Gasteiger partial charge in [0.25, 0.3) is 0 Å². The van der Waals surface area contributed by atoms with Crippen molar-refractivity contribution in [3.63, 3.8) is 0 Å². The fraction of sp³-hybridized carbons (Fsp3) is 0.650. The van der Waals surface area contributed by atoms with Crippen molar-refractivity contribution in [3.8, 4) is 0 Å². The van der Waals surface area contributed by atoms with Gasteiger partial charge in [-0.1, -0.05) is 37.5 Å². The Hall–Kier alpha value is -1.59. The third kappa shape index (κ3) is 6.33. The summed E-state index contributed by atoms with van der Waals surface area (Å²) >= 11 is 0. The van der Waals surface area contributed by atoms with Gasteiger partial charge < -0.3 is 20.9 Å². The first-order chi connectivity index (χ1) is 12.3. The van der Waals surface area contributed by atoms with E-state index in [0.717, 1.165) is 50.7 Å². The van der Waals surface area contributed by atoms with Crippen LogP contribution in [0.4, 0.5) is 10.5 Å². The minimum absolute atomic E-state index is 0.0939. The molecule has 2 fully saturated rings. The highest BCUT2D eigenvalue weighted by Gasteiger charge is 2.21. The van der Waals surface area contributed by atoms with Crippen molar-refractivity contribution in [2.75, 3.05) is 31.5 Å². The van der Waals surface area contributed by atoms with Crippen LogP contribution in [0.25, 0.3) is 0 Å². The van der Waals surface area contributed by atoms with Crippen LogP contribution >= 0.6 is 0 Å². The van der Waals surface area contributed by atoms with Crippen molar-refractivity contribution in [2.24, 2.45) is 0 Å². The number of hydrogen-bond acceptors (Lipinski definition) is 3. The van der Waals surface area contributed by atoms with Crippen molar-refractivity contribution in [2.45, 2.75) is 57.0 Å². The smallest absolute Gasteiger partial charge is 0.319 e. The zero-order valence-electron chi connectivity index (χ0n) is 15.2. The number of likely N-dealkylation sites (tertiary alicyclic amines) is 1. The van der Waals surface area contributed by atoms with E-state index in [-0.39, 0.29) is 12.1 Å². The van der Waals surface area contributed by atoms with Crippen LogP contribution in [0.2, 0.25) is 0 Å². The molecule has 0 atom stereocenters. The number of carbonyl (C=O) groups is 1. The van der Waals surface area contributed by atoms with E-state index < -0.39 is 0 Å². The van der Waals surface area contributed by atoms with Crippen molar-refractivity contribution in [1.29, 1.82) is 0 Å². The van der Waals surface area contributed by atoms with Gasteiger partial charge in [0.2, 0.25) is 0 Å². The van der Waals surface area contributed by atoms with E-state index in [0.29, 0.717) is 0 Å². The maximum atomic E-state index is 12.1. The number of carbonyl (C=O) groups excluding carboxylic acids is 1. The van der Waals surface area contributed by atoms with Crippen LogP contribution in [0.1, 0.15) is 44.9 Å². The molecule has 1 aliphatic heterocycles. The summed E-state index contributed by atoms with van der Waals surface area (Å²) in [4.78, 5) is 14.6. The van der Waals surface area contributed by atoms with E-state index in [1.54, 1.807) is 0 Å². The largest absolute Gasteiger partial charge is 0.335 e. The van der Waals surface area contributed by atoms with Gasteiger partial charge in [-0.2, -0.15) is 0 Å². The molecule has 138 valence electrons. The molecule has 3 rings (SSSR count). The maximum Gasteiger partial charge on any atom is 0.319 e. The second-order valence-electron chi connectivity index (χ2n) is 7.37. The third-order valence-corrected chi connectivity index (χ3v) is 5.42. The molecular weight excluding hydrogens is 312 g/mol. The summed E-state index contributed by atoms with van der Waals surface area (Å²) in [6.45, 7) is 4.36. The van der Waals surface area contributed by atoms with Crippen molar-refractivity contribution in [1.82, 2.24) is 15.5 Å². The number of hydrogen-bond donors (Lipinski definition) is 3. The molecule has 1 saturated carbocycles. The van der Waals surface area contributed by atoms with Gasteiger partial charge in [0.15, 0.2) is 0 Å². The molecule has 0 aromatic heterocycles. The van der Waals surface area contributed by atoms with Gasteiger partial charge in [0.05, 0.1) is 0 Å². The van der Waals surface area contributed by atoms with Gasteiger partial charge in [0.1, 0.15) is 0 Å². The Morgan fingerprint density at radius 2 is 1.68 bits per heavy atom. The summed E-state index contributed by atoms with van der Waals surface area (Å²) in [5, 5.41) is 9.72. The number of para-hydroxylation sites is 1. The second kappa shape index (κ2) is 9.78. The molecule has 0 spiro atoms. The molecule has 5 heteroatoms. The first kappa shape index (κ1) is 18.2. The van der Waals surface area contributed by atoms with Crippen LogP contribution in [0.15, 0.2) is 30.3 Å². The summed E-state index contributed by atoms with van der Waals surface area (Å²) < 4.78 is 0. The monoisotopic (exact) mass is 344 g/mol. The predicted molar refractivity (Wildman–Crippen MR) is 103 cm³/mol. The molecule has 1 aromatic rings. The second-order valence-corrected chi connectivity index (χ2v) is 7.37. The molecule has 2 amide bonds. The average Bonchev–Trinajstić information content (AvgIpc) is 2.65. The van der Waals surface area contributed by atoms with E-state index in [1.807, 2.05) is 30.3 Å². The summed E-state index contributed by atoms with van der Waals surface area (Å²) in [5.74, 6) is 0. The number of urea groups is 1. The molecule has 5 nitrogen and oxygen atoms in total. The fourth-order valence-corrected chi connectivity index (χ4v) is 3.91. The summed E-state index contributed by atoms with van der Waals surface area (Å²) in [6, 6.07) is 10.5. The predicted octanol–water partition coefficient (Wildman–Crippen LogP) is 3.19. The average molecular weight is 345 g/mol. The number of nitrogens with one attached hydrogen (secondary N) is 3. The first-order valence-corrected chi connectivity index (χ1v) is 9.88. The minimum atomic E-state index is -0.0939. The van der Waals surface area contributed by atoms with Crippen LogP contribution < -0.4 is 16.0 Å². The Balaban J connectivity index is 1.28. The molecule has 0 unspecified atom stereocenters. The first-order valence-electron chi connectivity index (χ1n) is 9.88. The lowest BCUT2D eigenvalue weighted by Crippen LogP contribution is -2.47. The Morgan fingerprint density at radius 1 is 0.960 bits per heavy atom. The van der Waals surface area contributed by atoms with Crippen molar-refractivity contribution in [3.05, 3.63) is 30.3 Å². The van der Waals surface area contributed by atoms with Gasteiger partial charge in [-0.15, -0.1) is 0 Å². The Kier molecular flexibility index (Phi) is 7.12. The highest BCUT2D eigenvalue weighted by Crippen LogP contribution is 2.17. The Bertz CT molecular complexity index is 508. The van der Waals surface area contributed by atoms with Crippen LogP contribution in [-0.2, 0) is 0 Å². The lowest BCUT2D eigenvalue weighted by Gasteiger charge is -2.33. The van der Waals surface area contributed by atoms with Gasteiger partial charge in [-0.05, 0) is 37.8 Å². The maximum absolute atomic E-state index is 12.1. The molecule has 25 heavy (non-hydrogen) atoms. The van der Waals surface area contributed by atoms with Gasteiger partial charge in [0, 0.05) is 44.0 Å². The Labute approximate surface area is 151 Å². The highest BCUT2D eigenvalue weighted by atomic mass is 16.2. The van der Waals surface area contributed by atoms with E-state index in [2.05, 4.69) is 20.9 Å². The minimum Gasteiger partial charge on any atom is -0.335 e. The fourth-order valence-electron chi connectivity index (χ4n) is 3.91. The molecule has 1 aromatic carbocycles. The van der Waals surface area contributed by atoms with Gasteiger partial charge >= 0.3 is 6.03 Å². The van der Waals surface area contributed by atoms with Gasteiger partial charge in [-0.3, -0.25) is 0 Å². The molecule has 0 radical (unpaired) electrons. The Morgan fingerprint density at radius 3 is 2.40 bits per heavy atom. The van der Waals surface area contributed by atoms with E-state index >= 15 is 0 Å². The standard InChI is InChI=1S/C20H32N4O/c25-20(22-18-9-5-2-6-10-18)23-19-11-14-24(15-12-19)16-13-21-17-7-3-1-4-8-17/h2,5-6,9-10,17,19,21H,1,3-4,7-8,11-16H2,(H2,22,23,25). The zero-order valence-corrected chi connectivity index (χ0v) is 15.2.